The van der Waals surface area contributed by atoms with Gasteiger partial charge in [0.1, 0.15) is 0 Å². The van der Waals surface area contributed by atoms with Crippen LogP contribution in [0.1, 0.15) is 6.92 Å². The van der Waals surface area contributed by atoms with Gasteiger partial charge in [-0.3, -0.25) is 0 Å². The summed E-state index contributed by atoms with van der Waals surface area (Å²) in [5.74, 6) is 0. The van der Waals surface area contributed by atoms with Gasteiger partial charge < -0.3 is 4.43 Å². The van der Waals surface area contributed by atoms with Crippen molar-refractivity contribution in [3.8, 4) is 11.1 Å². The molecule has 0 amide bonds. The molecule has 0 aliphatic rings. The molecular formula is C15H20OSi. The maximum absolute atomic E-state index is 4.97. The Labute approximate surface area is 106 Å². The Hall–Kier alpha value is -1.38. The van der Waals surface area contributed by atoms with Crippen molar-refractivity contribution >= 4 is 9.76 Å². The van der Waals surface area contributed by atoms with Gasteiger partial charge in [0.2, 0.25) is 0 Å². The lowest BCUT2D eigenvalue weighted by molar-refractivity contribution is 0.364. The predicted molar refractivity (Wildman–Crippen MR) is 77.9 cm³/mol. The fourth-order valence-corrected chi connectivity index (χ4v) is 1.87. The van der Waals surface area contributed by atoms with Crippen LogP contribution in [-0.2, 0) is 4.43 Å². The van der Waals surface area contributed by atoms with Gasteiger partial charge in [-0.1, -0.05) is 67.2 Å². The van der Waals surface area contributed by atoms with Gasteiger partial charge in [0.15, 0.2) is 9.76 Å². The average Bonchev–Trinajstić information content (AvgIpc) is 2.42. The minimum absolute atomic E-state index is 0.0860. The lowest BCUT2D eigenvalue weighted by Crippen LogP contribution is -1.88. The summed E-state index contributed by atoms with van der Waals surface area (Å²) in [6.07, 6.45) is 0. The van der Waals surface area contributed by atoms with Crippen molar-refractivity contribution in [2.45, 2.75) is 13.5 Å². The maximum Gasteiger partial charge on any atom is 0.158 e. The molecule has 2 aromatic rings. The Bertz CT molecular complexity index is 347. The molecule has 0 bridgehead atoms. The summed E-state index contributed by atoms with van der Waals surface area (Å²) in [4.78, 5) is 0. The minimum atomic E-state index is -0.0860. The van der Waals surface area contributed by atoms with Gasteiger partial charge in [-0.2, -0.15) is 0 Å². The highest BCUT2D eigenvalue weighted by Gasteiger charge is 1.91. The van der Waals surface area contributed by atoms with E-state index in [-0.39, 0.29) is 9.76 Å². The SMILES string of the molecule is CCO[SiH2]C.c1ccc(-c2ccccc2)cc1. The lowest BCUT2D eigenvalue weighted by atomic mass is 10.1. The van der Waals surface area contributed by atoms with E-state index in [9.17, 15) is 0 Å². The second-order valence-corrected chi connectivity index (χ2v) is 4.50. The van der Waals surface area contributed by atoms with Crippen molar-refractivity contribution in [2.75, 3.05) is 6.61 Å². The van der Waals surface area contributed by atoms with E-state index < -0.39 is 0 Å². The van der Waals surface area contributed by atoms with Crippen LogP contribution in [0.3, 0.4) is 0 Å². The first-order valence-corrected chi connectivity index (χ1v) is 8.05. The van der Waals surface area contributed by atoms with E-state index >= 15 is 0 Å². The zero-order chi connectivity index (χ0) is 12.3. The number of hydrogen-bond donors (Lipinski definition) is 0. The van der Waals surface area contributed by atoms with E-state index in [1.54, 1.807) is 0 Å². The Balaban J connectivity index is 0.000000249. The third-order valence-corrected chi connectivity index (χ3v) is 3.11. The van der Waals surface area contributed by atoms with Crippen LogP contribution in [0.4, 0.5) is 0 Å². The first-order chi connectivity index (χ1) is 8.38. The normalized spacial score (nSPS) is 10.0. The molecule has 0 N–H and O–H groups in total. The zero-order valence-electron chi connectivity index (χ0n) is 10.6. The zero-order valence-corrected chi connectivity index (χ0v) is 12.0. The van der Waals surface area contributed by atoms with Crippen molar-refractivity contribution < 1.29 is 4.43 Å². The first kappa shape index (κ1) is 13.7. The second kappa shape index (κ2) is 8.73. The highest BCUT2D eigenvalue weighted by atomic mass is 28.2. The first-order valence-electron chi connectivity index (χ1n) is 6.06. The standard InChI is InChI=1S/C12H10.C3H10OSi/c1-3-7-11(8-4-1)12-9-5-2-6-10-12;1-3-4-5-2/h1-10H;3,5H2,1-2H3. The molecule has 1 nitrogen and oxygen atoms in total. The van der Waals surface area contributed by atoms with Gasteiger partial charge in [-0.05, 0) is 18.1 Å². The summed E-state index contributed by atoms with van der Waals surface area (Å²) in [5, 5.41) is 0. The van der Waals surface area contributed by atoms with Crippen LogP contribution in [-0.4, -0.2) is 16.4 Å². The summed E-state index contributed by atoms with van der Waals surface area (Å²) in [7, 11) is -0.0860. The van der Waals surface area contributed by atoms with E-state index in [0.29, 0.717) is 0 Å². The van der Waals surface area contributed by atoms with E-state index in [0.717, 1.165) is 6.61 Å². The average molecular weight is 244 g/mol. The number of hydrogen-bond acceptors (Lipinski definition) is 1. The quantitative estimate of drug-likeness (QED) is 0.751. The molecule has 2 rings (SSSR count). The summed E-state index contributed by atoms with van der Waals surface area (Å²) in [6, 6.07) is 20.8. The topological polar surface area (TPSA) is 9.23 Å². The number of rotatable bonds is 3. The van der Waals surface area contributed by atoms with Crippen LogP contribution in [0, 0.1) is 0 Å². The third-order valence-electron chi connectivity index (χ3n) is 2.29. The Morgan fingerprint density at radius 2 is 1.24 bits per heavy atom. The Kier molecular flexibility index (Phi) is 7.03. The largest absolute Gasteiger partial charge is 0.425 e. The maximum atomic E-state index is 4.97. The van der Waals surface area contributed by atoms with E-state index in [2.05, 4.69) is 55.1 Å². The van der Waals surface area contributed by atoms with Crippen molar-refractivity contribution in [3.05, 3.63) is 60.7 Å². The molecule has 0 aliphatic carbocycles. The van der Waals surface area contributed by atoms with Crippen molar-refractivity contribution in [1.29, 1.82) is 0 Å². The molecule has 90 valence electrons. The summed E-state index contributed by atoms with van der Waals surface area (Å²) in [6.45, 7) is 5.06. The van der Waals surface area contributed by atoms with Gasteiger partial charge in [0, 0.05) is 6.61 Å². The van der Waals surface area contributed by atoms with Crippen LogP contribution in [0.15, 0.2) is 60.7 Å². The molecule has 0 radical (unpaired) electrons. The summed E-state index contributed by atoms with van der Waals surface area (Å²) >= 11 is 0. The van der Waals surface area contributed by atoms with Gasteiger partial charge in [-0.15, -0.1) is 0 Å². The highest BCUT2D eigenvalue weighted by Crippen LogP contribution is 2.17. The summed E-state index contributed by atoms with van der Waals surface area (Å²) in [5.41, 5.74) is 2.55. The highest BCUT2D eigenvalue weighted by molar-refractivity contribution is 6.24. The molecule has 0 aromatic heterocycles. The van der Waals surface area contributed by atoms with Crippen molar-refractivity contribution in [2.24, 2.45) is 0 Å². The van der Waals surface area contributed by atoms with Crippen LogP contribution in [0.25, 0.3) is 11.1 Å². The third kappa shape index (κ3) is 5.47. The van der Waals surface area contributed by atoms with Crippen LogP contribution in [0.2, 0.25) is 6.55 Å². The van der Waals surface area contributed by atoms with E-state index in [1.807, 2.05) is 19.1 Å². The fourth-order valence-electron chi connectivity index (χ4n) is 1.47. The van der Waals surface area contributed by atoms with Crippen LogP contribution < -0.4 is 0 Å². The lowest BCUT2D eigenvalue weighted by Gasteiger charge is -1.98. The van der Waals surface area contributed by atoms with Crippen molar-refractivity contribution in [1.82, 2.24) is 0 Å². The van der Waals surface area contributed by atoms with Crippen molar-refractivity contribution in [3.63, 3.8) is 0 Å². The van der Waals surface area contributed by atoms with Gasteiger partial charge >= 0.3 is 0 Å². The molecule has 0 fully saturated rings. The summed E-state index contributed by atoms with van der Waals surface area (Å²) < 4.78 is 4.97. The predicted octanol–water partition coefficient (Wildman–Crippen LogP) is 3.51. The van der Waals surface area contributed by atoms with E-state index in [4.69, 9.17) is 4.43 Å². The number of benzene rings is 2. The molecule has 0 atom stereocenters. The van der Waals surface area contributed by atoms with Crippen LogP contribution in [0.5, 0.6) is 0 Å². The van der Waals surface area contributed by atoms with Gasteiger partial charge in [0.05, 0.1) is 0 Å². The molecule has 0 spiro atoms. The monoisotopic (exact) mass is 244 g/mol. The Morgan fingerprint density at radius 1 is 0.824 bits per heavy atom. The Morgan fingerprint density at radius 3 is 1.47 bits per heavy atom. The van der Waals surface area contributed by atoms with Gasteiger partial charge in [0.25, 0.3) is 0 Å². The smallest absolute Gasteiger partial charge is 0.158 e. The molecule has 17 heavy (non-hydrogen) atoms. The molecule has 0 saturated carbocycles. The molecule has 2 aromatic carbocycles. The fraction of sp³-hybridized carbons (Fsp3) is 0.200. The molecule has 2 heteroatoms. The van der Waals surface area contributed by atoms with E-state index in [1.165, 1.54) is 11.1 Å². The molecule has 0 unspecified atom stereocenters. The molecule has 0 heterocycles. The molecule has 0 aliphatic heterocycles. The van der Waals surface area contributed by atoms with Crippen LogP contribution >= 0.6 is 0 Å². The van der Waals surface area contributed by atoms with Gasteiger partial charge in [-0.25, -0.2) is 0 Å². The molecule has 0 saturated heterocycles. The second-order valence-electron chi connectivity index (χ2n) is 3.51. The minimum Gasteiger partial charge on any atom is -0.425 e. The molecular weight excluding hydrogens is 224 g/mol.